The second-order valence-electron chi connectivity index (χ2n) is 5.72. The summed E-state index contributed by atoms with van der Waals surface area (Å²) in [5.74, 6) is 0.926. The number of hydrogen-bond donors (Lipinski definition) is 2. The predicted molar refractivity (Wildman–Crippen MR) is 77.6 cm³/mol. The zero-order valence-corrected chi connectivity index (χ0v) is 12.6. The third-order valence-electron chi connectivity index (χ3n) is 2.76. The van der Waals surface area contributed by atoms with Gasteiger partial charge in [0.05, 0.1) is 18.6 Å². The van der Waals surface area contributed by atoms with Gasteiger partial charge in [-0.2, -0.15) is 0 Å². The van der Waals surface area contributed by atoms with E-state index in [1.54, 1.807) is 24.9 Å². The number of imidazole rings is 2. The second kappa shape index (κ2) is 6.43. The van der Waals surface area contributed by atoms with Crippen molar-refractivity contribution in [3.63, 3.8) is 0 Å². The molecule has 1 amide bonds. The highest BCUT2D eigenvalue weighted by atomic mass is 16.6. The van der Waals surface area contributed by atoms with Gasteiger partial charge in [0.2, 0.25) is 0 Å². The molecule has 2 aromatic heterocycles. The van der Waals surface area contributed by atoms with Crippen LogP contribution in [-0.4, -0.2) is 31.2 Å². The van der Waals surface area contributed by atoms with Crippen LogP contribution in [0, 0.1) is 0 Å². The number of amides is 1. The summed E-state index contributed by atoms with van der Waals surface area (Å²) < 4.78 is 7.19. The van der Waals surface area contributed by atoms with E-state index in [2.05, 4.69) is 20.3 Å². The van der Waals surface area contributed by atoms with Crippen LogP contribution in [0.25, 0.3) is 0 Å². The number of carbonyl (C=O) groups excluding carboxylic acids is 1. The smallest absolute Gasteiger partial charge is 0.407 e. The van der Waals surface area contributed by atoms with Crippen LogP contribution in [0.2, 0.25) is 0 Å². The van der Waals surface area contributed by atoms with Gasteiger partial charge in [0.25, 0.3) is 0 Å². The van der Waals surface area contributed by atoms with Crippen molar-refractivity contribution in [1.82, 2.24) is 24.8 Å². The Hall–Kier alpha value is -2.31. The Labute approximate surface area is 123 Å². The summed E-state index contributed by atoms with van der Waals surface area (Å²) in [5.41, 5.74) is 0.427. The molecule has 7 nitrogen and oxygen atoms in total. The molecule has 2 heterocycles. The summed E-state index contributed by atoms with van der Waals surface area (Å²) in [7, 11) is 0. The van der Waals surface area contributed by atoms with Crippen LogP contribution in [0.15, 0.2) is 24.9 Å². The van der Waals surface area contributed by atoms with E-state index < -0.39 is 11.7 Å². The van der Waals surface area contributed by atoms with Gasteiger partial charge in [-0.3, -0.25) is 0 Å². The maximum absolute atomic E-state index is 11.6. The molecule has 0 saturated carbocycles. The van der Waals surface area contributed by atoms with Crippen LogP contribution in [0.1, 0.15) is 32.3 Å². The van der Waals surface area contributed by atoms with Gasteiger partial charge < -0.3 is 19.6 Å². The minimum absolute atomic E-state index is 0.382. The number of hydrogen-bond acceptors (Lipinski definition) is 4. The first-order valence-corrected chi connectivity index (χ1v) is 6.88. The fourth-order valence-corrected chi connectivity index (χ4v) is 1.83. The molecule has 2 aromatic rings. The molecule has 0 saturated heterocycles. The Morgan fingerprint density at radius 1 is 1.48 bits per heavy atom. The summed E-state index contributed by atoms with van der Waals surface area (Å²) in [5, 5.41) is 2.73. The zero-order valence-electron chi connectivity index (χ0n) is 12.6. The summed E-state index contributed by atoms with van der Waals surface area (Å²) in [6.07, 6.45) is 7.36. The van der Waals surface area contributed by atoms with E-state index >= 15 is 0 Å². The van der Waals surface area contributed by atoms with Crippen LogP contribution in [0.4, 0.5) is 4.79 Å². The molecule has 0 aliphatic carbocycles. The summed E-state index contributed by atoms with van der Waals surface area (Å²) in [6.45, 7) is 6.63. The van der Waals surface area contributed by atoms with Crippen LogP contribution in [0.5, 0.6) is 0 Å². The Balaban J connectivity index is 1.84. The molecule has 0 aliphatic heterocycles. The molecular formula is C14H21N5O2. The van der Waals surface area contributed by atoms with Crippen molar-refractivity contribution >= 4 is 6.09 Å². The number of carbonyl (C=O) groups is 1. The molecule has 0 aromatic carbocycles. The molecule has 7 heteroatoms. The van der Waals surface area contributed by atoms with Crippen molar-refractivity contribution in [3.05, 3.63) is 36.4 Å². The van der Waals surface area contributed by atoms with E-state index in [1.807, 2.05) is 25.3 Å². The molecule has 0 radical (unpaired) electrons. The molecule has 114 valence electrons. The number of H-pyrrole nitrogens is 1. The van der Waals surface area contributed by atoms with E-state index in [9.17, 15) is 4.79 Å². The zero-order chi connectivity index (χ0) is 15.3. The highest BCUT2D eigenvalue weighted by Crippen LogP contribution is 2.07. The van der Waals surface area contributed by atoms with E-state index in [0.717, 1.165) is 24.5 Å². The molecule has 0 aliphatic rings. The van der Waals surface area contributed by atoms with Crippen molar-refractivity contribution in [3.8, 4) is 0 Å². The second-order valence-corrected chi connectivity index (χ2v) is 5.72. The summed E-state index contributed by atoms with van der Waals surface area (Å²) in [6, 6.07) is 0. The molecule has 2 N–H and O–H groups in total. The van der Waals surface area contributed by atoms with Crippen molar-refractivity contribution < 1.29 is 9.53 Å². The monoisotopic (exact) mass is 291 g/mol. The maximum atomic E-state index is 11.6. The maximum Gasteiger partial charge on any atom is 0.407 e. The van der Waals surface area contributed by atoms with Crippen LogP contribution >= 0.6 is 0 Å². The standard InChI is InChI=1S/C14H21N5O2/c1-14(2,3)21-13(20)18-9-11-8-15-10-19(11)7-4-12-16-5-6-17-12/h5-6,8,10H,4,7,9H2,1-3H3,(H,16,17)(H,18,20). The Kier molecular flexibility index (Phi) is 4.62. The third kappa shape index (κ3) is 4.94. The number of nitrogens with zero attached hydrogens (tertiary/aromatic N) is 3. The Bertz CT molecular complexity index is 568. The van der Waals surface area contributed by atoms with E-state index in [1.165, 1.54) is 0 Å². The summed E-state index contributed by atoms with van der Waals surface area (Å²) >= 11 is 0. The van der Waals surface area contributed by atoms with Crippen LogP contribution in [-0.2, 0) is 24.2 Å². The lowest BCUT2D eigenvalue weighted by atomic mass is 10.2. The van der Waals surface area contributed by atoms with Gasteiger partial charge in [-0.15, -0.1) is 0 Å². The number of ether oxygens (including phenoxy) is 1. The minimum Gasteiger partial charge on any atom is -0.444 e. The van der Waals surface area contributed by atoms with Crippen molar-refractivity contribution in [1.29, 1.82) is 0 Å². The fraction of sp³-hybridized carbons (Fsp3) is 0.500. The number of alkyl carbamates (subject to hydrolysis) is 1. The quantitative estimate of drug-likeness (QED) is 0.880. The van der Waals surface area contributed by atoms with Gasteiger partial charge in [-0.25, -0.2) is 14.8 Å². The molecule has 0 unspecified atom stereocenters. The molecule has 0 fully saturated rings. The molecule has 0 atom stereocenters. The van der Waals surface area contributed by atoms with Gasteiger partial charge in [-0.1, -0.05) is 0 Å². The Morgan fingerprint density at radius 3 is 2.95 bits per heavy atom. The summed E-state index contributed by atoms with van der Waals surface area (Å²) in [4.78, 5) is 23.0. The van der Waals surface area contributed by atoms with Gasteiger partial charge in [0.15, 0.2) is 0 Å². The van der Waals surface area contributed by atoms with Crippen LogP contribution < -0.4 is 5.32 Å². The average Bonchev–Trinajstić information content (AvgIpc) is 3.03. The highest BCUT2D eigenvalue weighted by molar-refractivity contribution is 5.67. The lowest BCUT2D eigenvalue weighted by Crippen LogP contribution is -2.32. The average molecular weight is 291 g/mol. The van der Waals surface area contributed by atoms with Gasteiger partial charge in [0, 0.05) is 31.6 Å². The predicted octanol–water partition coefficient (Wildman–Crippen LogP) is 1.87. The molecule has 0 spiro atoms. The minimum atomic E-state index is -0.496. The van der Waals surface area contributed by atoms with Crippen molar-refractivity contribution in [2.75, 3.05) is 0 Å². The number of rotatable bonds is 5. The van der Waals surface area contributed by atoms with E-state index in [-0.39, 0.29) is 0 Å². The lowest BCUT2D eigenvalue weighted by Gasteiger charge is -2.19. The Morgan fingerprint density at radius 2 is 2.29 bits per heavy atom. The largest absolute Gasteiger partial charge is 0.444 e. The SMILES string of the molecule is CC(C)(C)OC(=O)NCc1cncn1CCc1ncc[nH]1. The first-order chi connectivity index (χ1) is 9.94. The molecular weight excluding hydrogens is 270 g/mol. The third-order valence-corrected chi connectivity index (χ3v) is 2.76. The van der Waals surface area contributed by atoms with Gasteiger partial charge >= 0.3 is 6.09 Å². The lowest BCUT2D eigenvalue weighted by molar-refractivity contribution is 0.0522. The van der Waals surface area contributed by atoms with E-state index in [0.29, 0.717) is 6.54 Å². The number of aromatic nitrogens is 4. The molecule has 2 rings (SSSR count). The van der Waals surface area contributed by atoms with Crippen LogP contribution in [0.3, 0.4) is 0 Å². The number of aromatic amines is 1. The fourth-order valence-electron chi connectivity index (χ4n) is 1.83. The van der Waals surface area contributed by atoms with E-state index in [4.69, 9.17) is 4.74 Å². The van der Waals surface area contributed by atoms with Crippen molar-refractivity contribution in [2.45, 2.75) is 45.9 Å². The number of aryl methyl sites for hydroxylation is 2. The van der Waals surface area contributed by atoms with Crippen molar-refractivity contribution in [2.24, 2.45) is 0 Å². The van der Waals surface area contributed by atoms with Gasteiger partial charge in [0.1, 0.15) is 11.4 Å². The first kappa shape index (κ1) is 15.1. The topological polar surface area (TPSA) is 84.8 Å². The number of nitrogens with one attached hydrogen (secondary N) is 2. The highest BCUT2D eigenvalue weighted by Gasteiger charge is 2.16. The van der Waals surface area contributed by atoms with Gasteiger partial charge in [-0.05, 0) is 20.8 Å². The normalized spacial score (nSPS) is 11.4. The molecule has 0 bridgehead atoms. The first-order valence-electron chi connectivity index (χ1n) is 6.88. The molecule has 21 heavy (non-hydrogen) atoms.